The van der Waals surface area contributed by atoms with Gasteiger partial charge in [0.15, 0.2) is 0 Å². The van der Waals surface area contributed by atoms with Crippen molar-refractivity contribution in [2.24, 2.45) is 5.92 Å². The Labute approximate surface area is 110 Å². The van der Waals surface area contributed by atoms with Crippen LogP contribution in [0, 0.1) is 5.92 Å². The van der Waals surface area contributed by atoms with Crippen molar-refractivity contribution in [3.05, 3.63) is 0 Å². The summed E-state index contributed by atoms with van der Waals surface area (Å²) in [5, 5.41) is 21.5. The summed E-state index contributed by atoms with van der Waals surface area (Å²) in [5.41, 5.74) is -0.542. The SMILES string of the molecule is CC(C)(C)OC(=O)N[C@@H]1CC(CO)[C@@H](O)[C@@H]1Br. The average molecular weight is 310 g/mol. The number of hydrogen-bond acceptors (Lipinski definition) is 4. The number of halogens is 1. The summed E-state index contributed by atoms with van der Waals surface area (Å²) < 4.78 is 5.14. The number of amides is 1. The minimum absolute atomic E-state index is 0.0875. The van der Waals surface area contributed by atoms with Gasteiger partial charge < -0.3 is 20.3 Å². The lowest BCUT2D eigenvalue weighted by molar-refractivity contribution is 0.0504. The highest BCUT2D eigenvalue weighted by molar-refractivity contribution is 9.09. The maximum Gasteiger partial charge on any atom is 0.407 e. The lowest BCUT2D eigenvalue weighted by atomic mass is 10.1. The molecule has 0 aromatic carbocycles. The van der Waals surface area contributed by atoms with Crippen LogP contribution in [0.3, 0.4) is 0 Å². The van der Waals surface area contributed by atoms with Gasteiger partial charge in [0.2, 0.25) is 0 Å². The molecule has 0 saturated heterocycles. The van der Waals surface area contributed by atoms with Crippen LogP contribution in [0.4, 0.5) is 4.79 Å². The number of alkyl halides is 1. The lowest BCUT2D eigenvalue weighted by Gasteiger charge is -2.23. The molecule has 0 aliphatic heterocycles. The second-order valence-corrected chi connectivity index (χ2v) is 6.42. The Kier molecular flexibility index (Phi) is 4.80. The van der Waals surface area contributed by atoms with Crippen molar-refractivity contribution in [2.75, 3.05) is 6.61 Å². The Balaban J connectivity index is 2.50. The van der Waals surface area contributed by atoms with E-state index in [0.29, 0.717) is 6.42 Å². The van der Waals surface area contributed by atoms with Crippen LogP contribution in [0.25, 0.3) is 0 Å². The number of rotatable bonds is 2. The monoisotopic (exact) mass is 309 g/mol. The number of alkyl carbamates (subject to hydrolysis) is 1. The van der Waals surface area contributed by atoms with Gasteiger partial charge in [-0.15, -0.1) is 0 Å². The van der Waals surface area contributed by atoms with E-state index in [1.165, 1.54) is 0 Å². The second kappa shape index (κ2) is 5.54. The molecule has 0 spiro atoms. The zero-order chi connectivity index (χ0) is 13.2. The molecule has 1 rings (SSSR count). The van der Waals surface area contributed by atoms with Gasteiger partial charge in [-0.25, -0.2) is 4.79 Å². The van der Waals surface area contributed by atoms with E-state index in [2.05, 4.69) is 21.2 Å². The molecule has 1 aliphatic carbocycles. The Morgan fingerprint density at radius 2 is 2.12 bits per heavy atom. The maximum atomic E-state index is 11.6. The van der Waals surface area contributed by atoms with Crippen LogP contribution >= 0.6 is 15.9 Å². The third-order valence-electron chi connectivity index (χ3n) is 2.69. The largest absolute Gasteiger partial charge is 0.444 e. The molecule has 1 amide bonds. The first-order valence-electron chi connectivity index (χ1n) is 5.67. The first kappa shape index (κ1) is 14.7. The van der Waals surface area contributed by atoms with Crippen molar-refractivity contribution in [3.8, 4) is 0 Å². The molecule has 3 N–H and O–H groups in total. The van der Waals surface area contributed by atoms with Gasteiger partial charge in [0.25, 0.3) is 0 Å². The summed E-state index contributed by atoms with van der Waals surface area (Å²) in [6, 6.07) is -0.225. The van der Waals surface area contributed by atoms with E-state index in [9.17, 15) is 9.90 Å². The molecule has 1 unspecified atom stereocenters. The third kappa shape index (κ3) is 4.12. The van der Waals surface area contributed by atoms with Gasteiger partial charge in [-0.2, -0.15) is 0 Å². The number of hydrogen-bond donors (Lipinski definition) is 3. The van der Waals surface area contributed by atoms with Crippen molar-refractivity contribution >= 4 is 22.0 Å². The summed E-state index contributed by atoms with van der Waals surface area (Å²) in [6.07, 6.45) is -0.620. The number of nitrogens with one attached hydrogen (secondary N) is 1. The Morgan fingerprint density at radius 1 is 1.53 bits per heavy atom. The molecule has 1 aliphatic rings. The molecule has 1 saturated carbocycles. The van der Waals surface area contributed by atoms with Crippen molar-refractivity contribution in [3.63, 3.8) is 0 Å². The van der Waals surface area contributed by atoms with Crippen LogP contribution in [0.2, 0.25) is 0 Å². The number of carbonyl (C=O) groups excluding carboxylic acids is 1. The fourth-order valence-corrected chi connectivity index (χ4v) is 2.65. The molecule has 1 fully saturated rings. The predicted molar refractivity (Wildman–Crippen MR) is 67.1 cm³/mol. The maximum absolute atomic E-state index is 11.6. The summed E-state index contributed by atoms with van der Waals surface area (Å²) in [7, 11) is 0. The smallest absolute Gasteiger partial charge is 0.407 e. The molecule has 0 heterocycles. The summed E-state index contributed by atoms with van der Waals surface area (Å²) in [6.45, 7) is 5.28. The molecular formula is C11H20BrNO4. The normalized spacial score (nSPS) is 33.5. The quantitative estimate of drug-likeness (QED) is 0.665. The zero-order valence-corrected chi connectivity index (χ0v) is 11.9. The predicted octanol–water partition coefficient (Wildman–Crippen LogP) is 1.02. The van der Waals surface area contributed by atoms with Crippen LogP contribution < -0.4 is 5.32 Å². The van der Waals surface area contributed by atoms with E-state index >= 15 is 0 Å². The van der Waals surface area contributed by atoms with E-state index in [-0.39, 0.29) is 23.4 Å². The minimum Gasteiger partial charge on any atom is -0.444 e. The fourth-order valence-electron chi connectivity index (χ4n) is 1.87. The Bertz CT molecular complexity index is 279. The molecule has 0 radical (unpaired) electrons. The van der Waals surface area contributed by atoms with Gasteiger partial charge in [-0.3, -0.25) is 0 Å². The zero-order valence-electron chi connectivity index (χ0n) is 10.3. The molecule has 0 aromatic rings. The second-order valence-electron chi connectivity index (χ2n) is 5.37. The number of carbonyl (C=O) groups is 1. The number of ether oxygens (including phenoxy) is 1. The average Bonchev–Trinajstić information content (AvgIpc) is 2.43. The van der Waals surface area contributed by atoms with Gasteiger partial charge in [-0.1, -0.05) is 15.9 Å². The fraction of sp³-hybridized carbons (Fsp3) is 0.909. The van der Waals surface area contributed by atoms with Gasteiger partial charge in [0, 0.05) is 18.6 Å². The molecule has 17 heavy (non-hydrogen) atoms. The molecule has 5 nitrogen and oxygen atoms in total. The number of aliphatic hydroxyl groups excluding tert-OH is 2. The van der Waals surface area contributed by atoms with Crippen LogP contribution in [0.1, 0.15) is 27.2 Å². The third-order valence-corrected chi connectivity index (χ3v) is 3.87. The van der Waals surface area contributed by atoms with Crippen LogP contribution in [-0.4, -0.2) is 45.5 Å². The topological polar surface area (TPSA) is 78.8 Å². The van der Waals surface area contributed by atoms with Crippen molar-refractivity contribution < 1.29 is 19.7 Å². The van der Waals surface area contributed by atoms with Gasteiger partial charge in [0.05, 0.1) is 10.9 Å². The number of aliphatic hydroxyl groups is 2. The standard InChI is InChI=1S/C11H20BrNO4/c1-11(2,3)17-10(16)13-7-4-6(5-14)9(15)8(7)12/h6-9,14-15H,4-5H2,1-3H3,(H,13,16)/t6?,7-,8-,9-/m1/s1. The lowest BCUT2D eigenvalue weighted by Crippen LogP contribution is -2.42. The van der Waals surface area contributed by atoms with E-state index in [1.807, 2.05) is 0 Å². The highest BCUT2D eigenvalue weighted by atomic mass is 79.9. The van der Waals surface area contributed by atoms with Crippen molar-refractivity contribution in [1.29, 1.82) is 0 Å². The van der Waals surface area contributed by atoms with Crippen molar-refractivity contribution in [1.82, 2.24) is 5.32 Å². The molecule has 0 bridgehead atoms. The Hall–Kier alpha value is -0.330. The summed E-state index contributed by atoms with van der Waals surface area (Å²) in [5.74, 6) is -0.209. The van der Waals surface area contributed by atoms with Crippen LogP contribution in [0.5, 0.6) is 0 Å². The first-order chi connectivity index (χ1) is 7.74. The van der Waals surface area contributed by atoms with Gasteiger partial charge >= 0.3 is 6.09 Å². The summed E-state index contributed by atoms with van der Waals surface area (Å²) in [4.78, 5) is 11.3. The first-order valence-corrected chi connectivity index (χ1v) is 6.58. The molecular weight excluding hydrogens is 290 g/mol. The van der Waals surface area contributed by atoms with E-state index < -0.39 is 17.8 Å². The highest BCUT2D eigenvalue weighted by Crippen LogP contribution is 2.31. The van der Waals surface area contributed by atoms with Gasteiger partial charge in [-0.05, 0) is 27.2 Å². The molecule has 100 valence electrons. The van der Waals surface area contributed by atoms with E-state index in [4.69, 9.17) is 9.84 Å². The van der Waals surface area contributed by atoms with E-state index in [1.54, 1.807) is 20.8 Å². The molecule has 6 heteroatoms. The van der Waals surface area contributed by atoms with Crippen LogP contribution in [-0.2, 0) is 4.74 Å². The van der Waals surface area contributed by atoms with Crippen LogP contribution in [0.15, 0.2) is 0 Å². The van der Waals surface area contributed by atoms with Crippen molar-refractivity contribution in [2.45, 2.75) is 49.8 Å². The Morgan fingerprint density at radius 3 is 2.53 bits per heavy atom. The summed E-state index contributed by atoms with van der Waals surface area (Å²) >= 11 is 3.33. The highest BCUT2D eigenvalue weighted by Gasteiger charge is 2.41. The molecule has 0 aromatic heterocycles. The van der Waals surface area contributed by atoms with Gasteiger partial charge in [0.1, 0.15) is 5.60 Å². The van der Waals surface area contributed by atoms with E-state index in [0.717, 1.165) is 0 Å². The minimum atomic E-state index is -0.653. The molecule has 4 atom stereocenters.